The van der Waals surface area contributed by atoms with E-state index in [4.69, 9.17) is 9.47 Å². The number of aromatic nitrogens is 1. The molecule has 2 fully saturated rings. The van der Waals surface area contributed by atoms with Crippen molar-refractivity contribution < 1.29 is 14.3 Å². The van der Waals surface area contributed by atoms with Crippen LogP contribution in [0.4, 0.5) is 5.69 Å². The molecule has 2 aliphatic rings. The molecule has 0 N–H and O–H groups in total. The summed E-state index contributed by atoms with van der Waals surface area (Å²) in [4.78, 5) is 19.3. The number of hydrogen-bond acceptors (Lipinski definition) is 5. The van der Waals surface area contributed by atoms with Crippen LogP contribution in [0.15, 0.2) is 30.5 Å². The molecule has 0 saturated carbocycles. The summed E-state index contributed by atoms with van der Waals surface area (Å²) in [6.07, 6.45) is 6.68. The Hall–Kier alpha value is -2.14. The van der Waals surface area contributed by atoms with Gasteiger partial charge in [-0.15, -0.1) is 0 Å². The molecule has 2 saturated heterocycles. The van der Waals surface area contributed by atoms with Gasteiger partial charge < -0.3 is 14.4 Å². The topological polar surface area (TPSA) is 51.7 Å². The predicted molar refractivity (Wildman–Crippen MR) is 102 cm³/mol. The zero-order valence-corrected chi connectivity index (χ0v) is 15.3. The first-order chi connectivity index (χ1) is 12.8. The van der Waals surface area contributed by atoms with Gasteiger partial charge in [-0.3, -0.25) is 4.98 Å². The van der Waals surface area contributed by atoms with Crippen molar-refractivity contribution in [2.24, 2.45) is 5.92 Å². The normalized spacial score (nSPS) is 21.3. The maximum Gasteiger partial charge on any atom is 0.341 e. The summed E-state index contributed by atoms with van der Waals surface area (Å²) in [5.41, 5.74) is 2.46. The summed E-state index contributed by atoms with van der Waals surface area (Å²) < 4.78 is 11.2. The van der Waals surface area contributed by atoms with Crippen LogP contribution in [0, 0.1) is 5.92 Å². The zero-order valence-electron chi connectivity index (χ0n) is 15.3. The van der Waals surface area contributed by atoms with Gasteiger partial charge in [-0.1, -0.05) is 18.2 Å². The molecule has 4 rings (SSSR count). The quantitative estimate of drug-likeness (QED) is 0.782. The van der Waals surface area contributed by atoms with Crippen LogP contribution in [0.5, 0.6) is 0 Å². The second kappa shape index (κ2) is 7.62. The third kappa shape index (κ3) is 3.28. The Bertz CT molecular complexity index is 778. The second-order valence-corrected chi connectivity index (χ2v) is 7.13. The van der Waals surface area contributed by atoms with E-state index in [2.05, 4.69) is 9.88 Å². The highest BCUT2D eigenvalue weighted by Crippen LogP contribution is 2.35. The van der Waals surface area contributed by atoms with E-state index in [0.717, 1.165) is 49.1 Å². The molecule has 1 unspecified atom stereocenters. The lowest BCUT2D eigenvalue weighted by Gasteiger charge is -2.37. The fourth-order valence-corrected chi connectivity index (χ4v) is 4.29. The summed E-state index contributed by atoms with van der Waals surface area (Å²) in [7, 11) is 0. The average molecular weight is 354 g/mol. The van der Waals surface area contributed by atoms with Gasteiger partial charge >= 0.3 is 5.97 Å². The number of fused-ring (bicyclic) bond motifs is 1. The first-order valence-corrected chi connectivity index (χ1v) is 9.69. The number of para-hydroxylation sites is 1. The number of piperidine rings is 1. The summed E-state index contributed by atoms with van der Waals surface area (Å²) in [6.45, 7) is 4.98. The van der Waals surface area contributed by atoms with Crippen molar-refractivity contribution in [2.45, 2.75) is 38.7 Å². The Morgan fingerprint density at radius 3 is 2.81 bits per heavy atom. The summed E-state index contributed by atoms with van der Waals surface area (Å²) >= 11 is 0. The van der Waals surface area contributed by atoms with Gasteiger partial charge in [0.25, 0.3) is 0 Å². The lowest BCUT2D eigenvalue weighted by atomic mass is 9.89. The smallest absolute Gasteiger partial charge is 0.341 e. The lowest BCUT2D eigenvalue weighted by Crippen LogP contribution is -2.38. The van der Waals surface area contributed by atoms with Crippen molar-refractivity contribution >= 4 is 22.6 Å². The number of carbonyl (C=O) groups is 1. The maximum atomic E-state index is 12.5. The van der Waals surface area contributed by atoms with Gasteiger partial charge in [0.15, 0.2) is 0 Å². The number of carbonyl (C=O) groups excluding carboxylic acids is 1. The Morgan fingerprint density at radius 2 is 2.08 bits per heavy atom. The van der Waals surface area contributed by atoms with Gasteiger partial charge in [-0.05, 0) is 44.6 Å². The van der Waals surface area contributed by atoms with Crippen LogP contribution in [0.25, 0.3) is 10.9 Å². The van der Waals surface area contributed by atoms with Crippen molar-refractivity contribution in [1.82, 2.24) is 4.98 Å². The van der Waals surface area contributed by atoms with Crippen LogP contribution in [0.1, 0.15) is 43.0 Å². The van der Waals surface area contributed by atoms with Crippen LogP contribution < -0.4 is 4.90 Å². The molecule has 26 heavy (non-hydrogen) atoms. The fourth-order valence-electron chi connectivity index (χ4n) is 4.29. The molecule has 0 radical (unpaired) electrons. The van der Waals surface area contributed by atoms with Crippen molar-refractivity contribution in [3.05, 3.63) is 36.0 Å². The average Bonchev–Trinajstić information content (AvgIpc) is 3.22. The van der Waals surface area contributed by atoms with E-state index in [1.165, 1.54) is 12.8 Å². The monoisotopic (exact) mass is 354 g/mol. The number of hydrogen-bond donors (Lipinski definition) is 0. The van der Waals surface area contributed by atoms with Crippen LogP contribution in [0.2, 0.25) is 0 Å². The number of rotatable bonds is 4. The highest BCUT2D eigenvalue weighted by atomic mass is 16.5. The van der Waals surface area contributed by atoms with Crippen LogP contribution in [-0.2, 0) is 9.47 Å². The summed E-state index contributed by atoms with van der Waals surface area (Å²) in [5.74, 6) is 0.342. The Morgan fingerprint density at radius 1 is 1.27 bits per heavy atom. The molecular weight excluding hydrogens is 328 g/mol. The van der Waals surface area contributed by atoms with Gasteiger partial charge in [0.1, 0.15) is 5.56 Å². The summed E-state index contributed by atoms with van der Waals surface area (Å²) in [5, 5.41) is 1.02. The van der Waals surface area contributed by atoms with Gasteiger partial charge in [0.2, 0.25) is 0 Å². The van der Waals surface area contributed by atoms with Crippen molar-refractivity contribution in [3.63, 3.8) is 0 Å². The number of esters is 1. The van der Waals surface area contributed by atoms with E-state index in [-0.39, 0.29) is 5.97 Å². The van der Waals surface area contributed by atoms with Gasteiger partial charge in [-0.2, -0.15) is 0 Å². The minimum absolute atomic E-state index is 0.290. The third-order valence-electron chi connectivity index (χ3n) is 5.59. The number of pyridine rings is 1. The molecule has 1 atom stereocenters. The molecule has 1 aromatic heterocycles. The molecule has 2 aliphatic heterocycles. The Kier molecular flexibility index (Phi) is 5.07. The van der Waals surface area contributed by atoms with E-state index in [1.807, 2.05) is 31.2 Å². The van der Waals surface area contributed by atoms with Crippen molar-refractivity contribution in [1.29, 1.82) is 0 Å². The molecule has 2 aromatic rings. The number of nitrogens with zero attached hydrogens (tertiary/aromatic N) is 2. The van der Waals surface area contributed by atoms with Crippen LogP contribution in [-0.4, -0.2) is 43.4 Å². The second-order valence-electron chi connectivity index (χ2n) is 7.13. The standard InChI is InChI=1S/C21H26N2O3/c1-2-25-21(24)17-14-22-18-7-4-3-6-16(18)20(17)23-11-9-15(10-12-23)19-8-5-13-26-19/h3-4,6-7,14-15,19H,2,5,8-13H2,1H3. The number of anilines is 1. The molecule has 0 bridgehead atoms. The SMILES string of the molecule is CCOC(=O)c1cnc2ccccc2c1N1CCC(C2CCCO2)CC1. The molecule has 0 aliphatic carbocycles. The Labute approximate surface area is 154 Å². The van der Waals surface area contributed by atoms with E-state index >= 15 is 0 Å². The first kappa shape index (κ1) is 17.3. The van der Waals surface area contributed by atoms with Gasteiger partial charge in [0.05, 0.1) is 23.9 Å². The van der Waals surface area contributed by atoms with Crippen molar-refractivity contribution in [2.75, 3.05) is 31.2 Å². The number of ether oxygens (including phenoxy) is 2. The first-order valence-electron chi connectivity index (χ1n) is 9.69. The molecule has 0 amide bonds. The van der Waals surface area contributed by atoms with E-state index < -0.39 is 0 Å². The zero-order chi connectivity index (χ0) is 17.9. The Balaban J connectivity index is 1.64. The predicted octanol–water partition coefficient (Wildman–Crippen LogP) is 3.81. The lowest BCUT2D eigenvalue weighted by molar-refractivity contribution is 0.0515. The molecule has 1 aromatic carbocycles. The van der Waals surface area contributed by atoms with Crippen LogP contribution in [0.3, 0.4) is 0 Å². The van der Waals surface area contributed by atoms with Crippen molar-refractivity contribution in [3.8, 4) is 0 Å². The largest absolute Gasteiger partial charge is 0.462 e. The molecule has 3 heterocycles. The van der Waals surface area contributed by atoms with Gasteiger partial charge in [0, 0.05) is 31.3 Å². The molecule has 0 spiro atoms. The fraction of sp³-hybridized carbons (Fsp3) is 0.524. The maximum absolute atomic E-state index is 12.5. The van der Waals surface area contributed by atoms with Crippen LogP contribution >= 0.6 is 0 Å². The highest BCUT2D eigenvalue weighted by Gasteiger charge is 2.31. The number of benzene rings is 1. The molecule has 5 heteroatoms. The molecular formula is C21H26N2O3. The third-order valence-corrected chi connectivity index (χ3v) is 5.59. The highest BCUT2D eigenvalue weighted by molar-refractivity contribution is 6.05. The molecule has 5 nitrogen and oxygen atoms in total. The van der Waals surface area contributed by atoms with E-state index in [1.54, 1.807) is 6.20 Å². The minimum Gasteiger partial charge on any atom is -0.462 e. The van der Waals surface area contributed by atoms with Gasteiger partial charge in [-0.25, -0.2) is 4.79 Å². The van der Waals surface area contributed by atoms with E-state index in [0.29, 0.717) is 24.2 Å². The summed E-state index contributed by atoms with van der Waals surface area (Å²) in [6, 6.07) is 8.02. The van der Waals surface area contributed by atoms with E-state index in [9.17, 15) is 4.79 Å². The minimum atomic E-state index is -0.290. The molecule has 138 valence electrons.